The fourth-order valence-corrected chi connectivity index (χ4v) is 2.91. The van der Waals surface area contributed by atoms with Crippen LogP contribution in [0.5, 0.6) is 0 Å². The van der Waals surface area contributed by atoms with Crippen molar-refractivity contribution in [2.75, 3.05) is 30.2 Å². The number of nitrogens with one attached hydrogen (secondary N) is 1. The Bertz CT molecular complexity index is 408. The zero-order valence-electron chi connectivity index (χ0n) is 9.25. The summed E-state index contributed by atoms with van der Waals surface area (Å²) in [5.41, 5.74) is 0. The van der Waals surface area contributed by atoms with Crippen LogP contribution >= 0.6 is 11.8 Å². The Morgan fingerprint density at radius 1 is 1.53 bits per heavy atom. The predicted octanol–water partition coefficient (Wildman–Crippen LogP) is -0.800. The Kier molecular flexibility index (Phi) is 4.63. The van der Waals surface area contributed by atoms with E-state index in [-0.39, 0.29) is 12.3 Å². The monoisotopic (exact) mass is 282 g/mol. The molecule has 17 heavy (non-hydrogen) atoms. The summed E-state index contributed by atoms with van der Waals surface area (Å²) < 4.78 is 21.7. The number of amides is 2. The number of nitrogens with zero attached hydrogens (tertiary/aromatic N) is 1. The van der Waals surface area contributed by atoms with Crippen molar-refractivity contribution in [2.45, 2.75) is 6.04 Å². The van der Waals surface area contributed by atoms with Crippen molar-refractivity contribution < 1.29 is 23.1 Å². The number of carboxylic acids is 1. The van der Waals surface area contributed by atoms with Gasteiger partial charge in [-0.3, -0.25) is 0 Å². The van der Waals surface area contributed by atoms with E-state index < -0.39 is 27.9 Å². The quantitative estimate of drug-likeness (QED) is 0.699. The highest BCUT2D eigenvalue weighted by molar-refractivity contribution is 7.99. The molecule has 1 saturated heterocycles. The van der Waals surface area contributed by atoms with E-state index in [0.717, 1.165) is 6.26 Å². The molecule has 0 aromatic carbocycles. The van der Waals surface area contributed by atoms with Crippen molar-refractivity contribution in [3.63, 3.8) is 0 Å². The highest BCUT2D eigenvalue weighted by Gasteiger charge is 2.34. The molecule has 7 nitrogen and oxygen atoms in total. The van der Waals surface area contributed by atoms with Gasteiger partial charge in [0.2, 0.25) is 0 Å². The van der Waals surface area contributed by atoms with Crippen LogP contribution in [0.3, 0.4) is 0 Å². The molecule has 1 rings (SSSR count). The first-order valence-electron chi connectivity index (χ1n) is 4.84. The van der Waals surface area contributed by atoms with Gasteiger partial charge in [-0.1, -0.05) is 0 Å². The summed E-state index contributed by atoms with van der Waals surface area (Å²) in [6, 6.07) is -1.37. The van der Waals surface area contributed by atoms with Crippen LogP contribution in [0.4, 0.5) is 4.79 Å². The minimum atomic E-state index is -3.13. The molecule has 1 fully saturated rings. The van der Waals surface area contributed by atoms with Gasteiger partial charge >= 0.3 is 12.0 Å². The molecule has 9 heteroatoms. The van der Waals surface area contributed by atoms with Crippen LogP contribution in [0, 0.1) is 0 Å². The molecular formula is C8H14N2O5S2. The Balaban J connectivity index is 2.45. The molecule has 0 aromatic heterocycles. The predicted molar refractivity (Wildman–Crippen MR) is 63.7 cm³/mol. The van der Waals surface area contributed by atoms with Crippen molar-refractivity contribution in [3.8, 4) is 0 Å². The average Bonchev–Trinajstić information content (AvgIpc) is 2.63. The topological polar surface area (TPSA) is 104 Å². The fourth-order valence-electron chi connectivity index (χ4n) is 1.29. The number of thioether (sulfide) groups is 1. The molecule has 1 aliphatic rings. The van der Waals surface area contributed by atoms with Crippen molar-refractivity contribution in [1.29, 1.82) is 0 Å². The first-order chi connectivity index (χ1) is 7.81. The zero-order valence-corrected chi connectivity index (χ0v) is 10.9. The second-order valence-corrected chi connectivity index (χ2v) is 6.95. The molecule has 1 atom stereocenters. The Labute approximate surface area is 103 Å². The minimum Gasteiger partial charge on any atom is -0.480 e. The number of sulfone groups is 1. The van der Waals surface area contributed by atoms with Crippen LogP contribution in [0.25, 0.3) is 0 Å². The van der Waals surface area contributed by atoms with Crippen LogP contribution in [-0.2, 0) is 14.6 Å². The lowest BCUT2D eigenvalue weighted by Gasteiger charge is -2.20. The van der Waals surface area contributed by atoms with Crippen LogP contribution in [0.2, 0.25) is 0 Å². The van der Waals surface area contributed by atoms with Gasteiger partial charge in [-0.05, 0) is 0 Å². The Hall–Kier alpha value is -0.960. The minimum absolute atomic E-state index is 0.00876. The Morgan fingerprint density at radius 3 is 2.71 bits per heavy atom. The van der Waals surface area contributed by atoms with Gasteiger partial charge in [-0.15, -0.1) is 11.8 Å². The summed E-state index contributed by atoms with van der Waals surface area (Å²) in [5, 5.41) is 11.3. The summed E-state index contributed by atoms with van der Waals surface area (Å²) in [6.07, 6.45) is 1.07. The van der Waals surface area contributed by atoms with E-state index in [9.17, 15) is 18.0 Å². The highest BCUT2D eigenvalue weighted by Crippen LogP contribution is 2.20. The number of urea groups is 1. The molecule has 0 aromatic rings. The molecule has 98 valence electrons. The van der Waals surface area contributed by atoms with Gasteiger partial charge in [-0.2, -0.15) is 0 Å². The molecule has 2 amide bonds. The summed E-state index contributed by atoms with van der Waals surface area (Å²) in [6.45, 7) is -0.00876. The molecule has 0 bridgehead atoms. The largest absolute Gasteiger partial charge is 0.480 e. The maximum Gasteiger partial charge on any atom is 0.327 e. The van der Waals surface area contributed by atoms with Gasteiger partial charge in [0.1, 0.15) is 15.9 Å². The number of hydrogen-bond donors (Lipinski definition) is 2. The molecule has 0 aliphatic carbocycles. The Morgan fingerprint density at radius 2 is 2.18 bits per heavy atom. The lowest BCUT2D eigenvalue weighted by atomic mass is 10.3. The molecular weight excluding hydrogens is 268 g/mol. The van der Waals surface area contributed by atoms with Crippen LogP contribution in [-0.4, -0.2) is 66.6 Å². The molecule has 1 heterocycles. The lowest BCUT2D eigenvalue weighted by molar-refractivity contribution is -0.140. The first kappa shape index (κ1) is 14.1. The van der Waals surface area contributed by atoms with E-state index in [1.54, 1.807) is 0 Å². The van der Waals surface area contributed by atoms with Crippen molar-refractivity contribution >= 4 is 33.6 Å². The third kappa shape index (κ3) is 4.43. The third-order valence-corrected chi connectivity index (χ3v) is 4.14. The molecule has 0 saturated carbocycles. The van der Waals surface area contributed by atoms with Gasteiger partial charge in [0.15, 0.2) is 0 Å². The van der Waals surface area contributed by atoms with Crippen molar-refractivity contribution in [3.05, 3.63) is 0 Å². The van der Waals surface area contributed by atoms with E-state index >= 15 is 0 Å². The number of carboxylic acid groups (broad SMARTS) is 1. The second-order valence-electron chi connectivity index (χ2n) is 3.69. The van der Waals surface area contributed by atoms with Gasteiger partial charge in [0, 0.05) is 18.6 Å². The second kappa shape index (κ2) is 5.58. The third-order valence-electron chi connectivity index (χ3n) is 2.18. The molecule has 1 unspecified atom stereocenters. The summed E-state index contributed by atoms with van der Waals surface area (Å²) in [7, 11) is -3.13. The average molecular weight is 282 g/mol. The maximum absolute atomic E-state index is 11.6. The number of carbonyl (C=O) groups is 2. The number of hydrogen-bond acceptors (Lipinski definition) is 5. The SMILES string of the molecule is CS(=O)(=O)CCNC(=O)N1CSCC1C(=O)O. The van der Waals surface area contributed by atoms with Crippen LogP contribution in [0.15, 0.2) is 0 Å². The number of rotatable bonds is 4. The molecule has 1 aliphatic heterocycles. The van der Waals surface area contributed by atoms with Gasteiger partial charge in [0.05, 0.1) is 11.6 Å². The van der Waals surface area contributed by atoms with Crippen LogP contribution in [0.1, 0.15) is 0 Å². The van der Waals surface area contributed by atoms with E-state index in [0.29, 0.717) is 11.6 Å². The molecule has 0 radical (unpaired) electrons. The number of aliphatic carboxylic acids is 1. The molecule has 2 N–H and O–H groups in total. The van der Waals surface area contributed by atoms with E-state index in [4.69, 9.17) is 5.11 Å². The standard InChI is InChI=1S/C8H14N2O5S2/c1-17(14,15)3-2-9-8(13)10-5-16-4-6(10)7(11)12/h6H,2-5H2,1H3,(H,9,13)(H,11,12). The van der Waals surface area contributed by atoms with Gasteiger partial charge in [0.25, 0.3) is 0 Å². The maximum atomic E-state index is 11.6. The lowest BCUT2D eigenvalue weighted by Crippen LogP contribution is -2.47. The summed E-state index contributed by atoms with van der Waals surface area (Å²) in [4.78, 5) is 23.6. The zero-order chi connectivity index (χ0) is 13.1. The van der Waals surface area contributed by atoms with Crippen molar-refractivity contribution in [2.24, 2.45) is 0 Å². The van der Waals surface area contributed by atoms with E-state index in [1.165, 1.54) is 16.7 Å². The fraction of sp³-hybridized carbons (Fsp3) is 0.750. The van der Waals surface area contributed by atoms with Gasteiger partial charge < -0.3 is 15.3 Å². The molecule has 0 spiro atoms. The van der Waals surface area contributed by atoms with Crippen LogP contribution < -0.4 is 5.32 Å². The number of carbonyl (C=O) groups excluding carboxylic acids is 1. The smallest absolute Gasteiger partial charge is 0.327 e. The normalized spacial score (nSPS) is 20.3. The van der Waals surface area contributed by atoms with E-state index in [1.807, 2.05) is 0 Å². The summed E-state index contributed by atoms with van der Waals surface area (Å²) in [5.74, 6) is -0.540. The first-order valence-corrected chi connectivity index (χ1v) is 8.05. The summed E-state index contributed by atoms with van der Waals surface area (Å²) >= 11 is 1.35. The van der Waals surface area contributed by atoms with Gasteiger partial charge in [-0.25, -0.2) is 18.0 Å². The van der Waals surface area contributed by atoms with E-state index in [2.05, 4.69) is 5.32 Å². The van der Waals surface area contributed by atoms with Crippen molar-refractivity contribution in [1.82, 2.24) is 10.2 Å². The highest BCUT2D eigenvalue weighted by atomic mass is 32.2.